The molecule has 0 spiro atoms. The molecule has 106 valence electrons. The van der Waals surface area contributed by atoms with Crippen LogP contribution in [-0.4, -0.2) is 37.0 Å². The average Bonchev–Trinajstić information content (AvgIpc) is 2.85. The highest BCUT2D eigenvalue weighted by Crippen LogP contribution is 2.29. The number of fused-ring (bicyclic) bond motifs is 1. The maximum Gasteiger partial charge on any atom is 0.245 e. The fourth-order valence-corrected chi connectivity index (χ4v) is 4.53. The van der Waals surface area contributed by atoms with E-state index in [0.717, 1.165) is 16.3 Å². The molecule has 0 radical (unpaired) electrons. The van der Waals surface area contributed by atoms with E-state index in [2.05, 4.69) is 10.3 Å². The SMILES string of the molecule is Cc1cncc2cccc(S(=O)(=O)N3CNC[C@@H]3C)c12. The van der Waals surface area contributed by atoms with Gasteiger partial charge in [0.25, 0.3) is 0 Å². The highest BCUT2D eigenvalue weighted by atomic mass is 32.2. The number of pyridine rings is 1. The number of aromatic nitrogens is 1. The Kier molecular flexibility index (Phi) is 3.24. The molecule has 6 heteroatoms. The summed E-state index contributed by atoms with van der Waals surface area (Å²) in [6, 6.07) is 5.30. The van der Waals surface area contributed by atoms with Gasteiger partial charge < -0.3 is 5.32 Å². The number of hydrogen-bond donors (Lipinski definition) is 1. The second-order valence-corrected chi connectivity index (χ2v) is 7.02. The van der Waals surface area contributed by atoms with E-state index in [9.17, 15) is 8.42 Å². The van der Waals surface area contributed by atoms with Crippen molar-refractivity contribution in [1.29, 1.82) is 0 Å². The Labute approximate surface area is 118 Å². The van der Waals surface area contributed by atoms with E-state index in [1.54, 1.807) is 24.5 Å². The summed E-state index contributed by atoms with van der Waals surface area (Å²) in [6.45, 7) is 4.85. The van der Waals surface area contributed by atoms with E-state index in [-0.39, 0.29) is 6.04 Å². The molecule has 5 nitrogen and oxygen atoms in total. The summed E-state index contributed by atoms with van der Waals surface area (Å²) in [5.74, 6) is 0. The van der Waals surface area contributed by atoms with E-state index in [1.165, 1.54) is 4.31 Å². The van der Waals surface area contributed by atoms with Crippen LogP contribution in [0.25, 0.3) is 10.8 Å². The van der Waals surface area contributed by atoms with Crippen LogP contribution in [0.2, 0.25) is 0 Å². The molecule has 1 fully saturated rings. The minimum absolute atomic E-state index is 0.0302. The molecule has 2 heterocycles. The Hall–Kier alpha value is -1.50. The van der Waals surface area contributed by atoms with Crippen molar-refractivity contribution in [3.05, 3.63) is 36.2 Å². The van der Waals surface area contributed by atoms with E-state index in [1.807, 2.05) is 19.9 Å². The van der Waals surface area contributed by atoms with Crippen molar-refractivity contribution >= 4 is 20.8 Å². The lowest BCUT2D eigenvalue weighted by molar-refractivity contribution is 0.413. The maximum absolute atomic E-state index is 12.9. The molecule has 1 N–H and O–H groups in total. The van der Waals surface area contributed by atoms with Crippen LogP contribution in [0, 0.1) is 6.92 Å². The van der Waals surface area contributed by atoms with Crippen LogP contribution in [0.15, 0.2) is 35.5 Å². The zero-order valence-corrected chi connectivity index (χ0v) is 12.3. The molecule has 1 atom stereocenters. The summed E-state index contributed by atoms with van der Waals surface area (Å²) in [4.78, 5) is 4.49. The zero-order chi connectivity index (χ0) is 14.3. The summed E-state index contributed by atoms with van der Waals surface area (Å²) in [5, 5.41) is 4.71. The molecule has 1 saturated heterocycles. The van der Waals surface area contributed by atoms with Crippen molar-refractivity contribution in [2.75, 3.05) is 13.2 Å². The molecule has 1 aromatic heterocycles. The Morgan fingerprint density at radius 2 is 2.15 bits per heavy atom. The zero-order valence-electron chi connectivity index (χ0n) is 11.5. The van der Waals surface area contributed by atoms with Crippen LogP contribution in [0.1, 0.15) is 12.5 Å². The predicted molar refractivity (Wildman–Crippen MR) is 77.8 cm³/mol. The molecule has 0 aliphatic carbocycles. The van der Waals surface area contributed by atoms with Crippen LogP contribution in [0.5, 0.6) is 0 Å². The Balaban J connectivity index is 2.24. The van der Waals surface area contributed by atoms with Crippen molar-refractivity contribution in [1.82, 2.24) is 14.6 Å². The van der Waals surface area contributed by atoms with Gasteiger partial charge in [-0.3, -0.25) is 4.98 Å². The van der Waals surface area contributed by atoms with Gasteiger partial charge in [0.05, 0.1) is 11.6 Å². The Morgan fingerprint density at radius 3 is 2.85 bits per heavy atom. The fourth-order valence-electron chi connectivity index (χ4n) is 2.68. The van der Waals surface area contributed by atoms with Gasteiger partial charge in [-0.25, -0.2) is 8.42 Å². The monoisotopic (exact) mass is 291 g/mol. The molecule has 1 aromatic carbocycles. The first-order valence-corrected chi connectivity index (χ1v) is 8.01. The number of sulfonamides is 1. The normalized spacial score (nSPS) is 20.6. The average molecular weight is 291 g/mol. The number of hydrogen-bond acceptors (Lipinski definition) is 4. The van der Waals surface area contributed by atoms with Crippen LogP contribution in [-0.2, 0) is 10.0 Å². The summed E-state index contributed by atoms with van der Waals surface area (Å²) in [7, 11) is -3.49. The Morgan fingerprint density at radius 1 is 1.35 bits per heavy atom. The van der Waals surface area contributed by atoms with E-state index in [4.69, 9.17) is 0 Å². The van der Waals surface area contributed by atoms with Crippen LogP contribution < -0.4 is 5.32 Å². The number of nitrogens with one attached hydrogen (secondary N) is 1. The molecular formula is C14H17N3O2S. The van der Waals surface area contributed by atoms with Crippen molar-refractivity contribution in [2.45, 2.75) is 24.8 Å². The van der Waals surface area contributed by atoms with E-state index < -0.39 is 10.0 Å². The molecular weight excluding hydrogens is 274 g/mol. The van der Waals surface area contributed by atoms with Crippen LogP contribution >= 0.6 is 0 Å². The lowest BCUT2D eigenvalue weighted by Crippen LogP contribution is -2.35. The van der Waals surface area contributed by atoms with E-state index in [0.29, 0.717) is 18.1 Å². The van der Waals surface area contributed by atoms with Gasteiger partial charge in [-0.15, -0.1) is 0 Å². The van der Waals surface area contributed by atoms with Gasteiger partial charge in [0.2, 0.25) is 10.0 Å². The molecule has 1 aliphatic rings. The first-order valence-electron chi connectivity index (χ1n) is 6.57. The van der Waals surface area contributed by atoms with Crippen molar-refractivity contribution in [2.24, 2.45) is 0 Å². The van der Waals surface area contributed by atoms with Crippen molar-refractivity contribution in [3.63, 3.8) is 0 Å². The molecule has 3 rings (SSSR count). The van der Waals surface area contributed by atoms with Crippen molar-refractivity contribution in [3.8, 4) is 0 Å². The predicted octanol–water partition coefficient (Wildman–Crippen LogP) is 1.48. The maximum atomic E-state index is 12.9. The smallest absolute Gasteiger partial charge is 0.245 e. The lowest BCUT2D eigenvalue weighted by atomic mass is 10.1. The number of rotatable bonds is 2. The first kappa shape index (κ1) is 13.5. The van der Waals surface area contributed by atoms with Gasteiger partial charge >= 0.3 is 0 Å². The van der Waals surface area contributed by atoms with Gasteiger partial charge in [-0.2, -0.15) is 4.31 Å². The minimum atomic E-state index is -3.49. The highest BCUT2D eigenvalue weighted by Gasteiger charge is 2.33. The summed E-state index contributed by atoms with van der Waals surface area (Å²) >= 11 is 0. The van der Waals surface area contributed by atoms with Crippen molar-refractivity contribution < 1.29 is 8.42 Å². The third-order valence-corrected chi connectivity index (χ3v) is 5.72. The molecule has 1 aliphatic heterocycles. The van der Waals surface area contributed by atoms with Gasteiger partial charge in [0, 0.05) is 35.8 Å². The fraction of sp³-hybridized carbons (Fsp3) is 0.357. The number of benzene rings is 1. The molecule has 0 unspecified atom stereocenters. The standard InChI is InChI=1S/C14H17N3O2S/c1-10-6-15-8-12-4-3-5-13(14(10)12)20(18,19)17-9-16-7-11(17)2/h3-6,8,11,16H,7,9H2,1-2H3/t11-/m0/s1. The highest BCUT2D eigenvalue weighted by molar-refractivity contribution is 7.89. The van der Waals surface area contributed by atoms with Crippen LogP contribution in [0.3, 0.4) is 0 Å². The lowest BCUT2D eigenvalue weighted by Gasteiger charge is -2.21. The number of nitrogens with zero attached hydrogens (tertiary/aromatic N) is 2. The third kappa shape index (κ3) is 2.00. The van der Waals surface area contributed by atoms with Gasteiger partial charge in [-0.1, -0.05) is 12.1 Å². The third-order valence-electron chi connectivity index (χ3n) is 3.72. The largest absolute Gasteiger partial charge is 0.302 e. The van der Waals surface area contributed by atoms with Gasteiger partial charge in [-0.05, 0) is 25.5 Å². The molecule has 0 saturated carbocycles. The summed E-state index contributed by atoms with van der Waals surface area (Å²) in [5.41, 5.74) is 0.876. The summed E-state index contributed by atoms with van der Waals surface area (Å²) in [6.07, 6.45) is 3.40. The Bertz CT molecular complexity index is 753. The molecule has 2 aromatic rings. The molecule has 0 bridgehead atoms. The topological polar surface area (TPSA) is 62.3 Å². The molecule has 0 amide bonds. The van der Waals surface area contributed by atoms with E-state index >= 15 is 0 Å². The second kappa shape index (κ2) is 4.80. The quantitative estimate of drug-likeness (QED) is 0.910. The first-order chi connectivity index (χ1) is 9.51. The minimum Gasteiger partial charge on any atom is -0.302 e. The number of aryl methyl sites for hydroxylation is 1. The summed E-state index contributed by atoms with van der Waals surface area (Å²) < 4.78 is 27.3. The van der Waals surface area contributed by atoms with Gasteiger partial charge in [0.1, 0.15) is 0 Å². The van der Waals surface area contributed by atoms with Gasteiger partial charge in [0.15, 0.2) is 0 Å². The molecule has 20 heavy (non-hydrogen) atoms. The van der Waals surface area contributed by atoms with Crippen LogP contribution in [0.4, 0.5) is 0 Å². The second-order valence-electron chi connectivity index (χ2n) is 5.16.